The van der Waals surface area contributed by atoms with E-state index in [1.54, 1.807) is 31.0 Å². The molecule has 1 heterocycles. The van der Waals surface area contributed by atoms with Gasteiger partial charge in [0.05, 0.1) is 10.6 Å². The van der Waals surface area contributed by atoms with Crippen LogP contribution in [0.5, 0.6) is 5.75 Å². The molecule has 0 fully saturated rings. The van der Waals surface area contributed by atoms with Crippen LogP contribution >= 0.6 is 0 Å². The Labute approximate surface area is 189 Å². The molecule has 0 N–H and O–H groups in total. The third kappa shape index (κ3) is 4.48. The average molecular weight is 451 g/mol. The fraction of sp³-hybridized carbons (Fsp3) is 0.240. The Morgan fingerprint density at radius 2 is 1.75 bits per heavy atom. The molecule has 0 bridgehead atoms. The quantitative estimate of drug-likeness (QED) is 0.549. The van der Waals surface area contributed by atoms with Crippen LogP contribution in [0.3, 0.4) is 0 Å². The number of hydrogen-bond acceptors (Lipinski definition) is 4. The fourth-order valence-electron chi connectivity index (χ4n) is 3.82. The van der Waals surface area contributed by atoms with Gasteiger partial charge < -0.3 is 9.64 Å². The molecule has 0 spiro atoms. The summed E-state index contributed by atoms with van der Waals surface area (Å²) in [5.41, 5.74) is 3.47. The molecule has 0 saturated heterocycles. The van der Waals surface area contributed by atoms with Gasteiger partial charge in [-0.3, -0.25) is 9.10 Å². The number of aryl methyl sites for hydroxylation is 1. The van der Waals surface area contributed by atoms with Crippen molar-refractivity contribution in [3.8, 4) is 5.75 Å². The lowest BCUT2D eigenvalue weighted by molar-refractivity contribution is -0.132. The van der Waals surface area contributed by atoms with E-state index < -0.39 is 10.0 Å². The van der Waals surface area contributed by atoms with Gasteiger partial charge in [-0.25, -0.2) is 8.42 Å². The number of benzene rings is 3. The summed E-state index contributed by atoms with van der Waals surface area (Å²) in [6.45, 7) is 2.60. The number of amides is 1. The first kappa shape index (κ1) is 21.9. The van der Waals surface area contributed by atoms with Crippen molar-refractivity contribution >= 4 is 21.6 Å². The summed E-state index contributed by atoms with van der Waals surface area (Å²) < 4.78 is 33.6. The molecule has 0 unspecified atom stereocenters. The number of likely N-dealkylation sites (N-methyl/N-ethyl adjacent to an activating group) is 1. The Kier molecular flexibility index (Phi) is 6.19. The minimum Gasteiger partial charge on any atom is -0.483 e. The maximum Gasteiger partial charge on any atom is 0.264 e. The molecule has 0 saturated carbocycles. The first-order valence-electron chi connectivity index (χ1n) is 10.5. The number of ether oxygens (including phenoxy) is 1. The lowest BCUT2D eigenvalue weighted by Gasteiger charge is -2.21. The van der Waals surface area contributed by atoms with Gasteiger partial charge in [0.15, 0.2) is 6.61 Å². The van der Waals surface area contributed by atoms with E-state index in [1.165, 1.54) is 10.4 Å². The van der Waals surface area contributed by atoms with Gasteiger partial charge in [0.2, 0.25) is 0 Å². The lowest BCUT2D eigenvalue weighted by Crippen LogP contribution is -2.31. The van der Waals surface area contributed by atoms with E-state index >= 15 is 0 Å². The molecule has 1 aliphatic rings. The summed E-state index contributed by atoms with van der Waals surface area (Å²) >= 11 is 0. The minimum absolute atomic E-state index is 0.115. The molecular weight excluding hydrogens is 424 g/mol. The van der Waals surface area contributed by atoms with Crippen molar-refractivity contribution in [2.75, 3.05) is 24.5 Å². The second kappa shape index (κ2) is 9.04. The van der Waals surface area contributed by atoms with E-state index in [1.807, 2.05) is 54.6 Å². The molecule has 1 aliphatic heterocycles. The zero-order valence-electron chi connectivity index (χ0n) is 18.2. The van der Waals surface area contributed by atoms with Gasteiger partial charge >= 0.3 is 0 Å². The molecule has 4 rings (SSSR count). The molecule has 0 aliphatic carbocycles. The van der Waals surface area contributed by atoms with Crippen molar-refractivity contribution in [1.29, 1.82) is 0 Å². The average Bonchev–Trinajstić information content (AvgIpc) is 3.23. The van der Waals surface area contributed by atoms with Gasteiger partial charge in [0.1, 0.15) is 5.75 Å². The first-order chi connectivity index (χ1) is 15.4. The van der Waals surface area contributed by atoms with Gasteiger partial charge in [0, 0.05) is 20.1 Å². The predicted octanol–water partition coefficient (Wildman–Crippen LogP) is 3.78. The van der Waals surface area contributed by atoms with Crippen molar-refractivity contribution < 1.29 is 17.9 Å². The van der Waals surface area contributed by atoms with Crippen molar-refractivity contribution in [3.05, 3.63) is 89.5 Å². The Morgan fingerprint density at radius 1 is 1.03 bits per heavy atom. The maximum absolute atomic E-state index is 13.2. The Morgan fingerprint density at radius 3 is 2.50 bits per heavy atom. The molecule has 1 amide bonds. The number of sulfonamides is 1. The fourth-order valence-corrected chi connectivity index (χ4v) is 5.41. The highest BCUT2D eigenvalue weighted by molar-refractivity contribution is 7.92. The second-order valence-corrected chi connectivity index (χ2v) is 9.77. The summed E-state index contributed by atoms with van der Waals surface area (Å²) in [6.07, 6.45) is 0.703. The van der Waals surface area contributed by atoms with Crippen LogP contribution in [0, 0.1) is 6.92 Å². The van der Waals surface area contributed by atoms with Gasteiger partial charge in [-0.2, -0.15) is 0 Å². The van der Waals surface area contributed by atoms with E-state index in [4.69, 9.17) is 4.74 Å². The summed E-state index contributed by atoms with van der Waals surface area (Å²) in [7, 11) is -1.94. The van der Waals surface area contributed by atoms with E-state index in [9.17, 15) is 13.2 Å². The van der Waals surface area contributed by atoms with E-state index in [0.29, 0.717) is 30.8 Å². The normalized spacial score (nSPS) is 13.0. The predicted molar refractivity (Wildman–Crippen MR) is 124 cm³/mol. The van der Waals surface area contributed by atoms with Crippen LogP contribution < -0.4 is 9.04 Å². The minimum atomic E-state index is -3.67. The van der Waals surface area contributed by atoms with Crippen LogP contribution in [0.25, 0.3) is 0 Å². The number of para-hydroxylation sites is 1. The number of fused-ring (bicyclic) bond motifs is 1. The van der Waals surface area contributed by atoms with Crippen LogP contribution in [-0.2, 0) is 27.8 Å². The summed E-state index contributed by atoms with van der Waals surface area (Å²) in [5, 5.41) is 0. The van der Waals surface area contributed by atoms with Crippen LogP contribution in [-0.4, -0.2) is 39.4 Å². The SMILES string of the molecule is Cc1cc(S(=O)(=O)N2CCc3ccccc32)ccc1OCC(=O)N(C)Cc1ccccc1. The third-order valence-electron chi connectivity index (χ3n) is 5.62. The van der Waals surface area contributed by atoms with E-state index in [-0.39, 0.29) is 17.4 Å². The zero-order chi connectivity index (χ0) is 22.7. The number of rotatable bonds is 7. The number of anilines is 1. The highest BCUT2D eigenvalue weighted by atomic mass is 32.2. The molecule has 6 nitrogen and oxygen atoms in total. The smallest absolute Gasteiger partial charge is 0.264 e. The van der Waals surface area contributed by atoms with Gasteiger partial charge in [-0.05, 0) is 54.3 Å². The standard InChI is InChI=1S/C25H26N2O4S/c1-19-16-22(32(29,30)27-15-14-21-10-6-7-11-23(21)27)12-13-24(19)31-18-25(28)26(2)17-20-8-4-3-5-9-20/h3-13,16H,14-15,17-18H2,1-2H3. The molecule has 0 aromatic heterocycles. The second-order valence-electron chi connectivity index (χ2n) is 7.91. The Bertz CT molecular complexity index is 1230. The maximum atomic E-state index is 13.2. The molecule has 166 valence electrons. The van der Waals surface area contributed by atoms with Crippen molar-refractivity contribution in [2.24, 2.45) is 0 Å². The highest BCUT2D eigenvalue weighted by Gasteiger charge is 2.30. The van der Waals surface area contributed by atoms with E-state index in [2.05, 4.69) is 0 Å². The number of nitrogens with zero attached hydrogens (tertiary/aromatic N) is 2. The van der Waals surface area contributed by atoms with E-state index in [0.717, 1.165) is 16.8 Å². The number of hydrogen-bond donors (Lipinski definition) is 0. The summed E-state index contributed by atoms with van der Waals surface area (Å²) in [6, 6.07) is 22.1. The molecule has 3 aromatic carbocycles. The first-order valence-corrected chi connectivity index (χ1v) is 11.9. The topological polar surface area (TPSA) is 66.9 Å². The Hall–Kier alpha value is -3.32. The zero-order valence-corrected chi connectivity index (χ0v) is 19.0. The van der Waals surface area contributed by atoms with Crippen LogP contribution in [0.15, 0.2) is 77.7 Å². The Balaban J connectivity index is 1.43. The molecule has 3 aromatic rings. The number of carbonyl (C=O) groups is 1. The molecule has 7 heteroatoms. The molecule has 32 heavy (non-hydrogen) atoms. The molecule has 0 atom stereocenters. The van der Waals surface area contributed by atoms with Crippen LogP contribution in [0.2, 0.25) is 0 Å². The number of carbonyl (C=O) groups excluding carboxylic acids is 1. The lowest BCUT2D eigenvalue weighted by atomic mass is 10.2. The third-order valence-corrected chi connectivity index (χ3v) is 7.43. The highest BCUT2D eigenvalue weighted by Crippen LogP contribution is 2.33. The summed E-state index contributed by atoms with van der Waals surface area (Å²) in [4.78, 5) is 14.3. The molecule has 0 radical (unpaired) electrons. The summed E-state index contributed by atoms with van der Waals surface area (Å²) in [5.74, 6) is 0.339. The van der Waals surface area contributed by atoms with Gasteiger partial charge in [-0.15, -0.1) is 0 Å². The van der Waals surface area contributed by atoms with Crippen LogP contribution in [0.1, 0.15) is 16.7 Å². The largest absolute Gasteiger partial charge is 0.483 e. The van der Waals surface area contributed by atoms with Crippen LogP contribution in [0.4, 0.5) is 5.69 Å². The monoisotopic (exact) mass is 450 g/mol. The van der Waals surface area contributed by atoms with Crippen molar-refractivity contribution in [3.63, 3.8) is 0 Å². The van der Waals surface area contributed by atoms with Gasteiger partial charge in [-0.1, -0.05) is 48.5 Å². The van der Waals surface area contributed by atoms with Crippen molar-refractivity contribution in [1.82, 2.24) is 4.90 Å². The van der Waals surface area contributed by atoms with Crippen molar-refractivity contribution in [2.45, 2.75) is 24.8 Å². The van der Waals surface area contributed by atoms with Gasteiger partial charge in [0.25, 0.3) is 15.9 Å². The molecular formula is C25H26N2O4S.